The van der Waals surface area contributed by atoms with Crippen LogP contribution in [0.15, 0.2) is 47.6 Å². The maximum Gasteiger partial charge on any atom is 0.141 e. The molecular weight excluding hydrogens is 259 g/mol. The number of halogens is 1. The van der Waals surface area contributed by atoms with Crippen LogP contribution < -0.4 is 5.32 Å². The molecular formula is C15H17FN2S. The second-order valence-corrected chi connectivity index (χ2v) is 5.27. The Morgan fingerprint density at radius 3 is 2.63 bits per heavy atom. The number of thioether (sulfide) groups is 1. The summed E-state index contributed by atoms with van der Waals surface area (Å²) < 4.78 is 13.0. The molecule has 0 saturated heterocycles. The van der Waals surface area contributed by atoms with E-state index in [0.717, 1.165) is 24.4 Å². The molecule has 1 heterocycles. The van der Waals surface area contributed by atoms with Gasteiger partial charge < -0.3 is 5.32 Å². The zero-order valence-corrected chi connectivity index (χ0v) is 11.7. The Kier molecular flexibility index (Phi) is 5.36. The minimum absolute atomic E-state index is 0.279. The van der Waals surface area contributed by atoms with Crippen LogP contribution in [0.5, 0.6) is 0 Å². The molecule has 0 fully saturated rings. The fraction of sp³-hybridized carbons (Fsp3) is 0.267. The van der Waals surface area contributed by atoms with Gasteiger partial charge in [0.15, 0.2) is 0 Å². The molecule has 2 rings (SSSR count). The summed E-state index contributed by atoms with van der Waals surface area (Å²) in [6, 6.07) is 9.97. The van der Waals surface area contributed by atoms with Crippen molar-refractivity contribution < 1.29 is 4.39 Å². The van der Waals surface area contributed by atoms with Crippen molar-refractivity contribution in [3.8, 4) is 0 Å². The second-order valence-electron chi connectivity index (χ2n) is 4.22. The molecule has 0 aliphatic carbocycles. The predicted octanol–water partition coefficient (Wildman–Crippen LogP) is 3.62. The molecule has 0 aliphatic rings. The van der Waals surface area contributed by atoms with Crippen LogP contribution in [-0.4, -0.2) is 11.5 Å². The van der Waals surface area contributed by atoms with Gasteiger partial charge in [-0.05, 0) is 35.9 Å². The van der Waals surface area contributed by atoms with E-state index in [4.69, 9.17) is 0 Å². The lowest BCUT2D eigenvalue weighted by molar-refractivity contribution is 0.619. The van der Waals surface area contributed by atoms with Gasteiger partial charge in [-0.15, -0.1) is 11.8 Å². The fourth-order valence-electron chi connectivity index (χ4n) is 1.67. The Bertz CT molecular complexity index is 514. The molecule has 4 heteroatoms. The van der Waals surface area contributed by atoms with Crippen molar-refractivity contribution in [2.45, 2.75) is 24.1 Å². The summed E-state index contributed by atoms with van der Waals surface area (Å²) in [4.78, 5) is 5.03. The predicted molar refractivity (Wildman–Crippen MR) is 77.6 cm³/mol. The molecule has 0 atom stereocenters. The maximum atomic E-state index is 13.0. The summed E-state index contributed by atoms with van der Waals surface area (Å²) in [5.41, 5.74) is 2.18. The lowest BCUT2D eigenvalue weighted by Gasteiger charge is -2.05. The zero-order valence-electron chi connectivity index (χ0n) is 10.9. The molecule has 0 unspecified atom stereocenters. The van der Waals surface area contributed by atoms with Crippen LogP contribution in [0, 0.1) is 5.82 Å². The monoisotopic (exact) mass is 276 g/mol. The van der Waals surface area contributed by atoms with Crippen molar-refractivity contribution in [1.82, 2.24) is 10.3 Å². The highest BCUT2D eigenvalue weighted by Crippen LogP contribution is 2.23. The Morgan fingerprint density at radius 1 is 1.16 bits per heavy atom. The average Bonchev–Trinajstić information content (AvgIpc) is 2.44. The lowest BCUT2D eigenvalue weighted by atomic mass is 10.2. The molecule has 0 bridgehead atoms. The highest BCUT2D eigenvalue weighted by Gasteiger charge is 1.99. The number of pyridine rings is 1. The minimum atomic E-state index is -0.279. The quantitative estimate of drug-likeness (QED) is 0.816. The Hall–Kier alpha value is -1.39. The van der Waals surface area contributed by atoms with E-state index in [0.29, 0.717) is 0 Å². The Balaban J connectivity index is 1.89. The fourth-order valence-corrected chi connectivity index (χ4v) is 2.49. The summed E-state index contributed by atoms with van der Waals surface area (Å²) in [7, 11) is 0. The highest BCUT2D eigenvalue weighted by atomic mass is 32.2. The van der Waals surface area contributed by atoms with Crippen molar-refractivity contribution in [3.63, 3.8) is 0 Å². The van der Waals surface area contributed by atoms with Gasteiger partial charge >= 0.3 is 0 Å². The maximum absolute atomic E-state index is 13.0. The van der Waals surface area contributed by atoms with Crippen LogP contribution in [0.25, 0.3) is 0 Å². The third-order valence-electron chi connectivity index (χ3n) is 2.67. The normalized spacial score (nSPS) is 10.6. The number of benzene rings is 1. The van der Waals surface area contributed by atoms with E-state index in [1.807, 2.05) is 0 Å². The van der Waals surface area contributed by atoms with Crippen LogP contribution in [0.1, 0.15) is 18.1 Å². The van der Waals surface area contributed by atoms with Crippen molar-refractivity contribution in [3.05, 3.63) is 59.7 Å². The third kappa shape index (κ3) is 4.65. The summed E-state index contributed by atoms with van der Waals surface area (Å²) in [5.74, 6) is 0.455. The van der Waals surface area contributed by atoms with E-state index in [2.05, 4.69) is 41.5 Å². The van der Waals surface area contributed by atoms with Gasteiger partial charge in [-0.1, -0.05) is 19.1 Å². The highest BCUT2D eigenvalue weighted by molar-refractivity contribution is 7.98. The number of hydrogen-bond acceptors (Lipinski definition) is 3. The molecule has 2 aromatic rings. The van der Waals surface area contributed by atoms with Gasteiger partial charge in [-0.25, -0.2) is 4.39 Å². The largest absolute Gasteiger partial charge is 0.313 e. The van der Waals surface area contributed by atoms with Gasteiger partial charge in [-0.3, -0.25) is 4.98 Å². The molecule has 0 radical (unpaired) electrons. The first-order valence-electron chi connectivity index (χ1n) is 6.30. The summed E-state index contributed by atoms with van der Waals surface area (Å²) >= 11 is 1.69. The van der Waals surface area contributed by atoms with E-state index < -0.39 is 0 Å². The van der Waals surface area contributed by atoms with Gasteiger partial charge in [0.2, 0.25) is 0 Å². The van der Waals surface area contributed by atoms with E-state index in [1.54, 1.807) is 18.0 Å². The third-order valence-corrected chi connectivity index (χ3v) is 3.75. The Morgan fingerprint density at radius 2 is 1.95 bits per heavy atom. The molecule has 1 aromatic heterocycles. The van der Waals surface area contributed by atoms with Gasteiger partial charge in [0.25, 0.3) is 0 Å². The number of aromatic nitrogens is 1. The molecule has 0 spiro atoms. The molecule has 100 valence electrons. The first-order chi connectivity index (χ1) is 9.28. The molecule has 0 amide bonds. The number of nitrogens with one attached hydrogen (secondary N) is 1. The summed E-state index contributed by atoms with van der Waals surface area (Å²) in [6.07, 6.45) is 2.93. The topological polar surface area (TPSA) is 24.9 Å². The summed E-state index contributed by atoms with van der Waals surface area (Å²) in [5, 5.41) is 3.29. The average molecular weight is 276 g/mol. The van der Waals surface area contributed by atoms with Crippen LogP contribution in [-0.2, 0) is 12.3 Å². The van der Waals surface area contributed by atoms with Gasteiger partial charge in [0.1, 0.15) is 5.82 Å². The summed E-state index contributed by atoms with van der Waals surface area (Å²) in [6.45, 7) is 3.97. The minimum Gasteiger partial charge on any atom is -0.313 e. The first-order valence-corrected chi connectivity index (χ1v) is 7.28. The van der Waals surface area contributed by atoms with Gasteiger partial charge in [0, 0.05) is 23.4 Å². The molecule has 0 saturated carbocycles. The number of hydrogen-bond donors (Lipinski definition) is 1. The molecule has 19 heavy (non-hydrogen) atoms. The number of rotatable bonds is 6. The molecule has 1 N–H and O–H groups in total. The van der Waals surface area contributed by atoms with Crippen molar-refractivity contribution >= 4 is 11.8 Å². The standard InChI is InChI=1S/C15H17FN2S/c1-2-17-8-12-3-5-15(6-4-12)19-11-13-7-14(16)10-18-9-13/h3-7,9-10,17H,2,8,11H2,1H3. The van der Waals surface area contributed by atoms with Crippen LogP contribution in [0.2, 0.25) is 0 Å². The van der Waals surface area contributed by atoms with Crippen molar-refractivity contribution in [1.29, 1.82) is 0 Å². The van der Waals surface area contributed by atoms with E-state index >= 15 is 0 Å². The Labute approximate surface area is 117 Å². The number of nitrogens with zero attached hydrogens (tertiary/aromatic N) is 1. The second kappa shape index (κ2) is 7.26. The smallest absolute Gasteiger partial charge is 0.141 e. The van der Waals surface area contributed by atoms with Crippen LogP contribution >= 0.6 is 11.8 Å². The first kappa shape index (κ1) is 14.0. The SMILES string of the molecule is CCNCc1ccc(SCc2cncc(F)c2)cc1. The van der Waals surface area contributed by atoms with E-state index in [9.17, 15) is 4.39 Å². The van der Waals surface area contributed by atoms with Crippen LogP contribution in [0.3, 0.4) is 0 Å². The molecule has 2 nitrogen and oxygen atoms in total. The zero-order chi connectivity index (χ0) is 13.5. The lowest BCUT2D eigenvalue weighted by Crippen LogP contribution is -2.11. The van der Waals surface area contributed by atoms with Crippen molar-refractivity contribution in [2.24, 2.45) is 0 Å². The van der Waals surface area contributed by atoms with Gasteiger partial charge in [0.05, 0.1) is 6.20 Å². The van der Waals surface area contributed by atoms with E-state index in [1.165, 1.54) is 22.7 Å². The molecule has 1 aromatic carbocycles. The molecule has 0 aliphatic heterocycles. The van der Waals surface area contributed by atoms with Crippen molar-refractivity contribution in [2.75, 3.05) is 6.54 Å². The van der Waals surface area contributed by atoms with Crippen LogP contribution in [0.4, 0.5) is 4.39 Å². The van der Waals surface area contributed by atoms with E-state index in [-0.39, 0.29) is 5.82 Å². The van der Waals surface area contributed by atoms with Gasteiger partial charge in [-0.2, -0.15) is 0 Å².